The van der Waals surface area contributed by atoms with Gasteiger partial charge in [-0.3, -0.25) is 4.79 Å². The van der Waals surface area contributed by atoms with Crippen molar-refractivity contribution in [3.8, 4) is 0 Å². The van der Waals surface area contributed by atoms with Crippen LogP contribution in [0.1, 0.15) is 36.5 Å². The largest absolute Gasteiger partial charge is 0.398 e. The van der Waals surface area contributed by atoms with Gasteiger partial charge in [0.25, 0.3) is 5.91 Å². The first-order valence-corrected chi connectivity index (χ1v) is 7.52. The molecule has 0 bridgehead atoms. The Morgan fingerprint density at radius 1 is 1.40 bits per heavy atom. The number of nitrogens with two attached hydrogens (primary N) is 1. The summed E-state index contributed by atoms with van der Waals surface area (Å²) in [7, 11) is 0. The van der Waals surface area contributed by atoms with E-state index in [2.05, 4.69) is 10.2 Å². The van der Waals surface area contributed by atoms with Gasteiger partial charge in [0.05, 0.1) is 5.56 Å². The lowest BCUT2D eigenvalue weighted by molar-refractivity contribution is 0.0926. The number of nitrogens with zero attached hydrogens (tertiary/aromatic N) is 1. The van der Waals surface area contributed by atoms with Crippen LogP contribution in [0.15, 0.2) is 18.2 Å². The summed E-state index contributed by atoms with van der Waals surface area (Å²) in [5.74, 6) is -0.135. The van der Waals surface area contributed by atoms with Gasteiger partial charge in [-0.1, -0.05) is 18.0 Å². The number of hydrogen-bond acceptors (Lipinski definition) is 3. The maximum atomic E-state index is 12.2. The number of likely N-dealkylation sites (tertiary alicyclic amines) is 1. The number of piperidine rings is 1. The molecule has 1 aliphatic heterocycles. The van der Waals surface area contributed by atoms with E-state index in [0.29, 0.717) is 16.3 Å². The molecule has 0 aliphatic carbocycles. The van der Waals surface area contributed by atoms with Crippen LogP contribution in [0.4, 0.5) is 5.69 Å². The van der Waals surface area contributed by atoms with Gasteiger partial charge in [-0.15, -0.1) is 0 Å². The van der Waals surface area contributed by atoms with Crippen molar-refractivity contribution in [1.82, 2.24) is 10.2 Å². The summed E-state index contributed by atoms with van der Waals surface area (Å²) in [6.45, 7) is 5.17. The summed E-state index contributed by atoms with van der Waals surface area (Å²) >= 11 is 5.84. The predicted octanol–water partition coefficient (Wildman–Crippen LogP) is 2.53. The number of nitrogen functional groups attached to an aromatic ring is 1. The van der Waals surface area contributed by atoms with E-state index in [1.54, 1.807) is 18.2 Å². The normalized spacial score (nSPS) is 17.7. The van der Waals surface area contributed by atoms with E-state index in [-0.39, 0.29) is 11.9 Å². The fourth-order valence-corrected chi connectivity index (χ4v) is 2.80. The Balaban J connectivity index is 1.89. The van der Waals surface area contributed by atoms with E-state index in [1.807, 2.05) is 6.92 Å². The molecule has 0 radical (unpaired) electrons. The smallest absolute Gasteiger partial charge is 0.253 e. The molecule has 3 N–H and O–H groups in total. The predicted molar refractivity (Wildman–Crippen MR) is 83.1 cm³/mol. The molecule has 1 saturated heterocycles. The zero-order chi connectivity index (χ0) is 14.5. The van der Waals surface area contributed by atoms with Gasteiger partial charge in [-0.05, 0) is 51.1 Å². The minimum absolute atomic E-state index is 0.107. The Kier molecular flexibility index (Phi) is 5.26. The fourth-order valence-electron chi connectivity index (χ4n) is 2.62. The lowest BCUT2D eigenvalue weighted by atomic mass is 10.1. The average Bonchev–Trinajstić information content (AvgIpc) is 2.39. The molecule has 2 rings (SSSR count). The number of carbonyl (C=O) groups excluding carboxylic acids is 1. The Morgan fingerprint density at radius 3 is 2.75 bits per heavy atom. The van der Waals surface area contributed by atoms with E-state index < -0.39 is 0 Å². The van der Waals surface area contributed by atoms with Crippen LogP contribution in [0.2, 0.25) is 5.02 Å². The topological polar surface area (TPSA) is 58.4 Å². The highest BCUT2D eigenvalue weighted by atomic mass is 35.5. The lowest BCUT2D eigenvalue weighted by Gasteiger charge is -2.29. The zero-order valence-electron chi connectivity index (χ0n) is 11.9. The molecule has 1 heterocycles. The third-order valence-electron chi connectivity index (χ3n) is 3.62. The Bertz CT molecular complexity index is 472. The molecule has 0 spiro atoms. The van der Waals surface area contributed by atoms with E-state index >= 15 is 0 Å². The van der Waals surface area contributed by atoms with Crippen LogP contribution >= 0.6 is 11.6 Å². The molecule has 0 aromatic heterocycles. The summed E-state index contributed by atoms with van der Waals surface area (Å²) in [5.41, 5.74) is 6.73. The molecule has 0 saturated carbocycles. The van der Waals surface area contributed by atoms with Crippen LogP contribution in [-0.4, -0.2) is 36.5 Å². The first-order valence-electron chi connectivity index (χ1n) is 7.14. The number of halogens is 1. The molecular weight excluding hydrogens is 274 g/mol. The standard InChI is InChI=1S/C15H22ClN3O/c1-11(10-19-7-3-2-4-8-19)18-15(20)13-6-5-12(16)9-14(13)17/h5-6,9,11H,2-4,7-8,10,17H2,1H3,(H,18,20). The second-order valence-electron chi connectivity index (χ2n) is 5.47. The highest BCUT2D eigenvalue weighted by Gasteiger charge is 2.16. The molecule has 1 aliphatic rings. The Morgan fingerprint density at radius 2 is 2.10 bits per heavy atom. The number of carbonyl (C=O) groups is 1. The van der Waals surface area contributed by atoms with Crippen molar-refractivity contribution in [2.24, 2.45) is 0 Å². The van der Waals surface area contributed by atoms with E-state index in [0.717, 1.165) is 19.6 Å². The Hall–Kier alpha value is -1.26. The van der Waals surface area contributed by atoms with Crippen LogP contribution in [0.25, 0.3) is 0 Å². The molecule has 1 unspecified atom stereocenters. The van der Waals surface area contributed by atoms with Gasteiger partial charge >= 0.3 is 0 Å². The van der Waals surface area contributed by atoms with E-state index in [4.69, 9.17) is 17.3 Å². The van der Waals surface area contributed by atoms with E-state index in [9.17, 15) is 4.79 Å². The van der Waals surface area contributed by atoms with Crippen molar-refractivity contribution in [3.05, 3.63) is 28.8 Å². The minimum atomic E-state index is -0.135. The SMILES string of the molecule is CC(CN1CCCCC1)NC(=O)c1ccc(Cl)cc1N. The average molecular weight is 296 g/mol. The van der Waals surface area contributed by atoms with Crippen molar-refractivity contribution in [1.29, 1.82) is 0 Å². The third kappa shape index (κ3) is 4.12. The molecule has 1 aromatic rings. The summed E-state index contributed by atoms with van der Waals surface area (Å²) in [6.07, 6.45) is 3.83. The van der Waals surface area contributed by atoms with Crippen molar-refractivity contribution >= 4 is 23.2 Å². The molecule has 4 nitrogen and oxygen atoms in total. The molecule has 5 heteroatoms. The quantitative estimate of drug-likeness (QED) is 0.839. The van der Waals surface area contributed by atoms with Crippen LogP contribution in [0, 0.1) is 0 Å². The number of nitrogens with one attached hydrogen (secondary N) is 1. The summed E-state index contributed by atoms with van der Waals surface area (Å²) in [5, 5.41) is 3.54. The molecule has 1 fully saturated rings. The highest BCUT2D eigenvalue weighted by molar-refractivity contribution is 6.31. The Labute approximate surface area is 125 Å². The van der Waals surface area contributed by atoms with Gasteiger partial charge in [0.15, 0.2) is 0 Å². The molecule has 1 amide bonds. The van der Waals surface area contributed by atoms with Gasteiger partial charge in [0, 0.05) is 23.3 Å². The zero-order valence-corrected chi connectivity index (χ0v) is 12.6. The summed E-state index contributed by atoms with van der Waals surface area (Å²) in [6, 6.07) is 5.06. The maximum absolute atomic E-state index is 12.2. The fraction of sp³-hybridized carbons (Fsp3) is 0.533. The van der Waals surface area contributed by atoms with Gasteiger partial charge in [-0.25, -0.2) is 0 Å². The van der Waals surface area contributed by atoms with Crippen molar-refractivity contribution in [3.63, 3.8) is 0 Å². The molecule has 1 atom stereocenters. The number of benzene rings is 1. The third-order valence-corrected chi connectivity index (χ3v) is 3.85. The van der Waals surface area contributed by atoms with Gasteiger partial charge in [-0.2, -0.15) is 0 Å². The molecule has 20 heavy (non-hydrogen) atoms. The summed E-state index contributed by atoms with van der Waals surface area (Å²) in [4.78, 5) is 14.6. The molecule has 1 aromatic carbocycles. The second kappa shape index (κ2) is 6.95. The summed E-state index contributed by atoms with van der Waals surface area (Å²) < 4.78 is 0. The van der Waals surface area contributed by atoms with Crippen LogP contribution in [0.3, 0.4) is 0 Å². The molecule has 110 valence electrons. The van der Waals surface area contributed by atoms with Gasteiger partial charge in [0.1, 0.15) is 0 Å². The minimum Gasteiger partial charge on any atom is -0.398 e. The van der Waals surface area contributed by atoms with Crippen LogP contribution in [0.5, 0.6) is 0 Å². The van der Waals surface area contributed by atoms with E-state index in [1.165, 1.54) is 19.3 Å². The first kappa shape index (κ1) is 15.1. The maximum Gasteiger partial charge on any atom is 0.253 e. The molecular formula is C15H22ClN3O. The van der Waals surface area contributed by atoms with Crippen molar-refractivity contribution in [2.45, 2.75) is 32.2 Å². The number of amides is 1. The number of rotatable bonds is 4. The van der Waals surface area contributed by atoms with Crippen molar-refractivity contribution in [2.75, 3.05) is 25.4 Å². The van der Waals surface area contributed by atoms with Gasteiger partial charge in [0.2, 0.25) is 0 Å². The van der Waals surface area contributed by atoms with Crippen molar-refractivity contribution < 1.29 is 4.79 Å². The lowest BCUT2D eigenvalue weighted by Crippen LogP contribution is -2.43. The number of anilines is 1. The van der Waals surface area contributed by atoms with Gasteiger partial charge < -0.3 is 16.0 Å². The number of hydrogen-bond donors (Lipinski definition) is 2. The van der Waals surface area contributed by atoms with Crippen LogP contribution in [-0.2, 0) is 0 Å². The monoisotopic (exact) mass is 295 g/mol. The highest BCUT2D eigenvalue weighted by Crippen LogP contribution is 2.18. The first-order chi connectivity index (χ1) is 9.56. The van der Waals surface area contributed by atoms with Crippen LogP contribution < -0.4 is 11.1 Å². The second-order valence-corrected chi connectivity index (χ2v) is 5.90.